The number of sulfone groups is 1. The van der Waals surface area contributed by atoms with E-state index in [1.807, 2.05) is 30.4 Å². The summed E-state index contributed by atoms with van der Waals surface area (Å²) < 4.78 is 30.1. The van der Waals surface area contributed by atoms with Crippen LogP contribution >= 0.6 is 15.9 Å². The van der Waals surface area contributed by atoms with Gasteiger partial charge in [-0.25, -0.2) is 18.4 Å². The van der Waals surface area contributed by atoms with Gasteiger partial charge in [-0.2, -0.15) is 0 Å². The summed E-state index contributed by atoms with van der Waals surface area (Å²) in [5.74, 6) is 2.02. The Morgan fingerprint density at radius 1 is 1.21 bits per heavy atom. The van der Waals surface area contributed by atoms with Crippen LogP contribution in [0.4, 0.5) is 5.82 Å². The molecule has 0 unspecified atom stereocenters. The Bertz CT molecular complexity index is 1260. The number of ether oxygens (including phenoxy) is 1. The number of nitrogens with one attached hydrogen (secondary N) is 1. The van der Waals surface area contributed by atoms with Gasteiger partial charge in [0.1, 0.15) is 30.3 Å². The van der Waals surface area contributed by atoms with Gasteiger partial charge in [-0.15, -0.1) is 0 Å². The van der Waals surface area contributed by atoms with Crippen LogP contribution in [0.2, 0.25) is 0 Å². The summed E-state index contributed by atoms with van der Waals surface area (Å²) in [5.41, 5.74) is 1.48. The lowest BCUT2D eigenvalue weighted by molar-refractivity contribution is 0.304. The van der Waals surface area contributed by atoms with E-state index in [4.69, 9.17) is 4.74 Å². The van der Waals surface area contributed by atoms with Gasteiger partial charge in [0.2, 0.25) is 0 Å². The zero-order valence-corrected chi connectivity index (χ0v) is 17.9. The molecule has 148 valence electrons. The highest BCUT2D eigenvalue weighted by atomic mass is 79.9. The van der Waals surface area contributed by atoms with E-state index in [2.05, 4.69) is 36.2 Å². The lowest BCUT2D eigenvalue weighted by atomic mass is 10.2. The monoisotopic (exact) mass is 472 g/mol. The first kappa shape index (κ1) is 19.5. The Hall–Kier alpha value is -2.78. The van der Waals surface area contributed by atoms with Crippen LogP contribution in [0.5, 0.6) is 5.75 Å². The maximum Gasteiger partial charge on any atom is 0.175 e. The van der Waals surface area contributed by atoms with Gasteiger partial charge >= 0.3 is 0 Å². The predicted octanol–water partition coefficient (Wildman–Crippen LogP) is 3.76. The van der Waals surface area contributed by atoms with Crippen molar-refractivity contribution in [2.45, 2.75) is 11.5 Å². The zero-order chi connectivity index (χ0) is 20.4. The zero-order valence-electron chi connectivity index (χ0n) is 15.5. The summed E-state index contributed by atoms with van der Waals surface area (Å²) in [7, 11) is -3.26. The highest BCUT2D eigenvalue weighted by Crippen LogP contribution is 2.32. The standard InChI is InChI=1S/C20H17BrN4O3S/c1-29(26,27)14-5-2-4-13(8-14)11-28-18-10-17-15(9-16(18)21)20(24-12-23-17)25-19-6-3-7-22-19/h2-6,8-10,12H,7,11H2,1H3,(H,22,23,24,25). The van der Waals surface area contributed by atoms with Crippen molar-refractivity contribution in [1.29, 1.82) is 0 Å². The fraction of sp³-hybridized carbons (Fsp3) is 0.150. The quantitative estimate of drug-likeness (QED) is 0.607. The number of halogens is 1. The molecule has 1 aliphatic rings. The molecule has 0 radical (unpaired) electrons. The Labute approximate surface area is 176 Å². The van der Waals surface area contributed by atoms with Gasteiger partial charge in [-0.3, -0.25) is 4.99 Å². The molecule has 9 heteroatoms. The van der Waals surface area contributed by atoms with Crippen molar-refractivity contribution in [2.24, 2.45) is 4.99 Å². The molecule has 2 heterocycles. The maximum absolute atomic E-state index is 11.7. The lowest BCUT2D eigenvalue weighted by Crippen LogP contribution is -2.09. The van der Waals surface area contributed by atoms with Crippen molar-refractivity contribution >= 4 is 48.3 Å². The van der Waals surface area contributed by atoms with Crippen LogP contribution in [0, 0.1) is 0 Å². The molecule has 1 aromatic heterocycles. The number of benzene rings is 2. The van der Waals surface area contributed by atoms with Crippen LogP contribution in [0.15, 0.2) is 69.2 Å². The second-order valence-electron chi connectivity index (χ2n) is 6.48. The Morgan fingerprint density at radius 2 is 2.07 bits per heavy atom. The van der Waals surface area contributed by atoms with Crippen molar-refractivity contribution in [3.05, 3.63) is 64.9 Å². The number of hydrogen-bond donors (Lipinski definition) is 1. The lowest BCUT2D eigenvalue weighted by Gasteiger charge is -2.12. The van der Waals surface area contributed by atoms with Crippen molar-refractivity contribution in [3.63, 3.8) is 0 Å². The number of amidine groups is 1. The van der Waals surface area contributed by atoms with Crippen LogP contribution in [0.1, 0.15) is 5.56 Å². The summed E-state index contributed by atoms with van der Waals surface area (Å²) >= 11 is 3.54. The molecule has 7 nitrogen and oxygen atoms in total. The summed E-state index contributed by atoms with van der Waals surface area (Å²) in [6, 6.07) is 10.4. The van der Waals surface area contributed by atoms with Crippen molar-refractivity contribution in [2.75, 3.05) is 18.1 Å². The van der Waals surface area contributed by atoms with Crippen LogP contribution in [0.25, 0.3) is 10.9 Å². The molecule has 0 amide bonds. The van der Waals surface area contributed by atoms with Crippen LogP contribution < -0.4 is 10.1 Å². The molecule has 1 N–H and O–H groups in total. The van der Waals surface area contributed by atoms with E-state index in [0.717, 1.165) is 21.3 Å². The van der Waals surface area contributed by atoms with Crippen molar-refractivity contribution in [3.8, 4) is 5.75 Å². The SMILES string of the molecule is CS(=O)(=O)c1cccc(COc2cc3ncnc(NC4=NCC=C4)c3cc2Br)c1. The van der Waals surface area contributed by atoms with Gasteiger partial charge in [0.25, 0.3) is 0 Å². The first-order chi connectivity index (χ1) is 13.9. The molecule has 3 aromatic rings. The van der Waals surface area contributed by atoms with Crippen LogP contribution in [-0.2, 0) is 16.4 Å². The molecular weight excluding hydrogens is 456 g/mol. The molecule has 0 bridgehead atoms. The molecule has 0 spiro atoms. The highest BCUT2D eigenvalue weighted by molar-refractivity contribution is 9.10. The summed E-state index contributed by atoms with van der Waals surface area (Å²) in [6.45, 7) is 0.888. The predicted molar refractivity (Wildman–Crippen MR) is 116 cm³/mol. The molecule has 1 aliphatic heterocycles. The average Bonchev–Trinajstić information content (AvgIpc) is 3.20. The van der Waals surface area contributed by atoms with Gasteiger partial charge in [-0.1, -0.05) is 18.2 Å². The van der Waals surface area contributed by atoms with Crippen LogP contribution in [-0.4, -0.2) is 37.0 Å². The normalized spacial score (nSPS) is 13.5. The summed E-state index contributed by atoms with van der Waals surface area (Å²) in [5, 5.41) is 4.03. The second-order valence-corrected chi connectivity index (χ2v) is 9.35. The van der Waals surface area contributed by atoms with Gasteiger partial charge < -0.3 is 10.1 Å². The minimum atomic E-state index is -3.26. The topological polar surface area (TPSA) is 93.5 Å². The maximum atomic E-state index is 11.7. The smallest absolute Gasteiger partial charge is 0.175 e. The number of fused-ring (bicyclic) bond motifs is 1. The molecule has 0 fully saturated rings. The highest BCUT2D eigenvalue weighted by Gasteiger charge is 2.12. The third-order valence-electron chi connectivity index (χ3n) is 4.30. The minimum absolute atomic E-state index is 0.227. The number of aliphatic imine (C=N–C) groups is 1. The Balaban J connectivity index is 1.59. The molecule has 0 atom stereocenters. The molecule has 29 heavy (non-hydrogen) atoms. The number of anilines is 1. The molecular formula is C20H17BrN4O3S. The van der Waals surface area contributed by atoms with Gasteiger partial charge in [0.15, 0.2) is 9.84 Å². The summed E-state index contributed by atoms with van der Waals surface area (Å²) in [6.07, 6.45) is 6.54. The Kier molecular flexibility index (Phi) is 5.33. The van der Waals surface area contributed by atoms with E-state index in [-0.39, 0.29) is 11.5 Å². The molecule has 0 saturated carbocycles. The number of nitrogens with zero attached hydrogens (tertiary/aromatic N) is 3. The Morgan fingerprint density at radius 3 is 2.83 bits per heavy atom. The minimum Gasteiger partial charge on any atom is -0.488 e. The fourth-order valence-electron chi connectivity index (χ4n) is 2.87. The fourth-order valence-corrected chi connectivity index (χ4v) is 4.01. The first-order valence-electron chi connectivity index (χ1n) is 8.74. The van der Waals surface area contributed by atoms with E-state index in [0.29, 0.717) is 23.6 Å². The van der Waals surface area contributed by atoms with E-state index in [1.165, 1.54) is 12.6 Å². The van der Waals surface area contributed by atoms with Gasteiger partial charge in [0, 0.05) is 17.7 Å². The molecule has 2 aromatic carbocycles. The third-order valence-corrected chi connectivity index (χ3v) is 6.03. The number of aromatic nitrogens is 2. The van der Waals surface area contributed by atoms with E-state index in [9.17, 15) is 8.42 Å². The molecule has 4 rings (SSSR count). The largest absolute Gasteiger partial charge is 0.488 e. The second kappa shape index (κ2) is 7.92. The number of rotatable bonds is 5. The van der Waals surface area contributed by atoms with Crippen molar-refractivity contribution in [1.82, 2.24) is 9.97 Å². The van der Waals surface area contributed by atoms with E-state index >= 15 is 0 Å². The first-order valence-corrected chi connectivity index (χ1v) is 11.4. The molecule has 0 saturated heterocycles. The van der Waals surface area contributed by atoms with Gasteiger partial charge in [0.05, 0.1) is 21.4 Å². The van der Waals surface area contributed by atoms with Crippen molar-refractivity contribution < 1.29 is 13.2 Å². The van der Waals surface area contributed by atoms with E-state index in [1.54, 1.807) is 18.2 Å². The van der Waals surface area contributed by atoms with Gasteiger partial charge in [-0.05, 0) is 45.8 Å². The molecule has 0 aliphatic carbocycles. The van der Waals surface area contributed by atoms with Crippen LogP contribution in [0.3, 0.4) is 0 Å². The third kappa shape index (κ3) is 4.46. The number of hydrogen-bond acceptors (Lipinski definition) is 7. The average molecular weight is 473 g/mol. The summed E-state index contributed by atoms with van der Waals surface area (Å²) in [4.78, 5) is 13.2. The van der Waals surface area contributed by atoms with E-state index < -0.39 is 9.84 Å².